The Kier molecular flexibility index (Phi) is 4.75. The number of phenols is 1. The van der Waals surface area contributed by atoms with E-state index >= 15 is 0 Å². The molecule has 0 fully saturated rings. The first-order valence-corrected chi connectivity index (χ1v) is 7.11. The van der Waals surface area contributed by atoms with Crippen LogP contribution < -0.4 is 4.74 Å². The maximum Gasteiger partial charge on any atom is 0.123 e. The third kappa shape index (κ3) is 4.14. The molecule has 2 N–H and O–H groups in total. The second-order valence-electron chi connectivity index (χ2n) is 7.53. The average Bonchev–Trinajstić information content (AvgIpc) is 2.24. The average molecular weight is 280 g/mol. The Bertz CT molecular complexity index is 427. The first-order valence-electron chi connectivity index (χ1n) is 7.11. The fourth-order valence-corrected chi connectivity index (χ4v) is 2.05. The topological polar surface area (TPSA) is 49.7 Å². The van der Waals surface area contributed by atoms with E-state index in [2.05, 4.69) is 41.5 Å². The standard InChI is InChI=1S/C17H28O3/c1-11(18)10-20-12-8-13(16(2,3)4)15(19)14(9-12)17(5,6)7/h8-9,11,18-19H,10H2,1-7H3. The molecule has 0 saturated carbocycles. The van der Waals surface area contributed by atoms with Gasteiger partial charge in [0.05, 0.1) is 6.10 Å². The summed E-state index contributed by atoms with van der Waals surface area (Å²) in [7, 11) is 0. The molecule has 0 aliphatic rings. The van der Waals surface area contributed by atoms with Crippen LogP contribution >= 0.6 is 0 Å². The lowest BCUT2D eigenvalue weighted by Crippen LogP contribution is -2.18. The molecule has 0 saturated heterocycles. The highest BCUT2D eigenvalue weighted by molar-refractivity contribution is 5.51. The van der Waals surface area contributed by atoms with E-state index in [1.807, 2.05) is 12.1 Å². The van der Waals surface area contributed by atoms with Crippen LogP contribution in [0.15, 0.2) is 12.1 Å². The van der Waals surface area contributed by atoms with Gasteiger partial charge in [-0.25, -0.2) is 0 Å². The van der Waals surface area contributed by atoms with E-state index in [0.717, 1.165) is 11.1 Å². The van der Waals surface area contributed by atoms with Crippen molar-refractivity contribution >= 4 is 0 Å². The minimum absolute atomic E-state index is 0.172. The second-order valence-corrected chi connectivity index (χ2v) is 7.53. The Balaban J connectivity index is 3.35. The third-order valence-electron chi connectivity index (χ3n) is 3.19. The number of rotatable bonds is 3. The maximum absolute atomic E-state index is 10.6. The molecule has 0 spiro atoms. The molecule has 1 aromatic carbocycles. The lowest BCUT2D eigenvalue weighted by Gasteiger charge is -2.28. The van der Waals surface area contributed by atoms with Crippen molar-refractivity contribution in [3.05, 3.63) is 23.3 Å². The number of phenolic OH excluding ortho intramolecular Hbond substituents is 1. The number of aromatic hydroxyl groups is 1. The summed E-state index contributed by atoms with van der Waals surface area (Å²) in [5.74, 6) is 1.04. The van der Waals surface area contributed by atoms with Gasteiger partial charge in [0.2, 0.25) is 0 Å². The quantitative estimate of drug-likeness (QED) is 0.886. The van der Waals surface area contributed by atoms with Crippen molar-refractivity contribution < 1.29 is 14.9 Å². The van der Waals surface area contributed by atoms with Gasteiger partial charge in [0.25, 0.3) is 0 Å². The van der Waals surface area contributed by atoms with Crippen LogP contribution in [0.4, 0.5) is 0 Å². The van der Waals surface area contributed by atoms with Gasteiger partial charge in [0.1, 0.15) is 18.1 Å². The van der Waals surface area contributed by atoms with Gasteiger partial charge < -0.3 is 14.9 Å². The van der Waals surface area contributed by atoms with Gasteiger partial charge in [0.15, 0.2) is 0 Å². The molecule has 0 heterocycles. The summed E-state index contributed by atoms with van der Waals surface area (Å²) in [5, 5.41) is 19.9. The zero-order valence-corrected chi connectivity index (χ0v) is 13.7. The molecule has 20 heavy (non-hydrogen) atoms. The van der Waals surface area contributed by atoms with Gasteiger partial charge >= 0.3 is 0 Å². The van der Waals surface area contributed by atoms with Crippen molar-refractivity contribution in [1.29, 1.82) is 0 Å². The van der Waals surface area contributed by atoms with Gasteiger partial charge in [-0.3, -0.25) is 0 Å². The van der Waals surface area contributed by atoms with Crippen molar-refractivity contribution in [1.82, 2.24) is 0 Å². The van der Waals surface area contributed by atoms with E-state index < -0.39 is 6.10 Å². The highest BCUT2D eigenvalue weighted by Gasteiger charge is 2.26. The van der Waals surface area contributed by atoms with E-state index in [4.69, 9.17) is 4.74 Å². The molecule has 3 nitrogen and oxygen atoms in total. The Morgan fingerprint density at radius 3 is 1.70 bits per heavy atom. The number of aliphatic hydroxyl groups is 1. The van der Waals surface area contributed by atoms with Crippen LogP contribution in [0.25, 0.3) is 0 Å². The lowest BCUT2D eigenvalue weighted by molar-refractivity contribution is 0.122. The minimum atomic E-state index is -0.514. The SMILES string of the molecule is CC(O)COc1cc(C(C)(C)C)c(O)c(C(C)(C)C)c1. The number of hydrogen-bond acceptors (Lipinski definition) is 3. The fourth-order valence-electron chi connectivity index (χ4n) is 2.05. The summed E-state index contributed by atoms with van der Waals surface area (Å²) in [6.45, 7) is 14.3. The smallest absolute Gasteiger partial charge is 0.123 e. The first kappa shape index (κ1) is 16.8. The van der Waals surface area contributed by atoms with Crippen molar-refractivity contribution in [3.63, 3.8) is 0 Å². The van der Waals surface area contributed by atoms with E-state index in [0.29, 0.717) is 11.5 Å². The van der Waals surface area contributed by atoms with Crippen LogP contribution in [0.3, 0.4) is 0 Å². The zero-order chi connectivity index (χ0) is 15.7. The number of benzene rings is 1. The molecule has 1 aromatic rings. The molecular formula is C17H28O3. The van der Waals surface area contributed by atoms with Crippen LogP contribution in [-0.4, -0.2) is 22.9 Å². The number of ether oxygens (including phenoxy) is 1. The predicted octanol–water partition coefficient (Wildman–Crippen LogP) is 3.75. The van der Waals surface area contributed by atoms with E-state index in [-0.39, 0.29) is 17.4 Å². The molecule has 1 rings (SSSR count). The number of hydrogen-bond donors (Lipinski definition) is 2. The van der Waals surface area contributed by atoms with E-state index in [9.17, 15) is 10.2 Å². The third-order valence-corrected chi connectivity index (χ3v) is 3.19. The fraction of sp³-hybridized carbons (Fsp3) is 0.647. The Morgan fingerprint density at radius 2 is 1.40 bits per heavy atom. The molecular weight excluding hydrogens is 252 g/mol. The molecule has 1 unspecified atom stereocenters. The van der Waals surface area contributed by atoms with Gasteiger partial charge in [-0.15, -0.1) is 0 Å². The van der Waals surface area contributed by atoms with Crippen LogP contribution in [0, 0.1) is 0 Å². The molecule has 0 amide bonds. The van der Waals surface area contributed by atoms with Crippen LogP contribution in [0.1, 0.15) is 59.6 Å². The Hall–Kier alpha value is -1.22. The largest absolute Gasteiger partial charge is 0.507 e. The maximum atomic E-state index is 10.6. The first-order chi connectivity index (χ1) is 8.93. The summed E-state index contributed by atoms with van der Waals surface area (Å²) >= 11 is 0. The molecule has 0 aromatic heterocycles. The molecule has 3 heteroatoms. The van der Waals surface area contributed by atoms with Gasteiger partial charge in [-0.1, -0.05) is 41.5 Å². The van der Waals surface area contributed by atoms with Crippen molar-refractivity contribution in [2.24, 2.45) is 0 Å². The van der Waals surface area contributed by atoms with E-state index in [1.165, 1.54) is 0 Å². The zero-order valence-electron chi connectivity index (χ0n) is 13.7. The molecule has 0 radical (unpaired) electrons. The highest BCUT2D eigenvalue weighted by atomic mass is 16.5. The van der Waals surface area contributed by atoms with E-state index in [1.54, 1.807) is 6.92 Å². The predicted molar refractivity (Wildman–Crippen MR) is 82.7 cm³/mol. The van der Waals surface area contributed by atoms with Crippen molar-refractivity contribution in [2.45, 2.75) is 65.4 Å². The minimum Gasteiger partial charge on any atom is -0.507 e. The molecule has 0 bridgehead atoms. The summed E-state index contributed by atoms with van der Waals surface area (Å²) in [6, 6.07) is 3.74. The molecule has 1 atom stereocenters. The van der Waals surface area contributed by atoms with Crippen LogP contribution in [-0.2, 0) is 10.8 Å². The van der Waals surface area contributed by atoms with Crippen LogP contribution in [0.5, 0.6) is 11.5 Å². The lowest BCUT2D eigenvalue weighted by atomic mass is 9.79. The normalized spacial score (nSPS) is 14.2. The van der Waals surface area contributed by atoms with Gasteiger partial charge in [-0.05, 0) is 29.9 Å². The Labute approximate surface area is 122 Å². The van der Waals surface area contributed by atoms with Crippen molar-refractivity contribution in [3.8, 4) is 11.5 Å². The van der Waals surface area contributed by atoms with Gasteiger partial charge in [0, 0.05) is 11.1 Å². The van der Waals surface area contributed by atoms with Crippen molar-refractivity contribution in [2.75, 3.05) is 6.61 Å². The molecule has 0 aliphatic carbocycles. The summed E-state index contributed by atoms with van der Waals surface area (Å²) in [5.41, 5.74) is 1.39. The summed E-state index contributed by atoms with van der Waals surface area (Å²) in [6.07, 6.45) is -0.514. The highest BCUT2D eigenvalue weighted by Crippen LogP contribution is 2.41. The second kappa shape index (κ2) is 5.65. The monoisotopic (exact) mass is 280 g/mol. The summed E-state index contributed by atoms with van der Waals surface area (Å²) < 4.78 is 5.63. The molecule has 0 aliphatic heterocycles. The van der Waals surface area contributed by atoms with Crippen LogP contribution in [0.2, 0.25) is 0 Å². The van der Waals surface area contributed by atoms with Gasteiger partial charge in [-0.2, -0.15) is 0 Å². The molecule has 114 valence electrons. The summed E-state index contributed by atoms with van der Waals surface area (Å²) in [4.78, 5) is 0. The Morgan fingerprint density at radius 1 is 1.00 bits per heavy atom. The number of aliphatic hydroxyl groups excluding tert-OH is 1.